The second-order valence-corrected chi connectivity index (χ2v) is 6.05. The van der Waals surface area contributed by atoms with Gasteiger partial charge in [-0.05, 0) is 37.5 Å². The maximum Gasteiger partial charge on any atom is 0.221 e. The lowest BCUT2D eigenvalue weighted by atomic mass is 10.2. The first-order valence-electron chi connectivity index (χ1n) is 8.73. The third-order valence-corrected chi connectivity index (χ3v) is 4.02. The van der Waals surface area contributed by atoms with E-state index in [0.29, 0.717) is 31.5 Å². The molecule has 132 valence electrons. The fourth-order valence-electron chi connectivity index (χ4n) is 2.81. The fraction of sp³-hybridized carbons (Fsp3) is 0.556. The summed E-state index contributed by atoms with van der Waals surface area (Å²) < 4.78 is 13.2. The smallest absolute Gasteiger partial charge is 0.221 e. The highest BCUT2D eigenvalue weighted by Crippen LogP contribution is 2.17. The molecular formula is C18H27FN4O. The topological polar surface area (TPSA) is 65.5 Å². The van der Waals surface area contributed by atoms with E-state index in [1.165, 1.54) is 25.0 Å². The van der Waals surface area contributed by atoms with Crippen LogP contribution in [0.3, 0.4) is 0 Å². The number of guanidine groups is 1. The summed E-state index contributed by atoms with van der Waals surface area (Å²) in [4.78, 5) is 16.3. The molecule has 0 bridgehead atoms. The molecule has 2 rings (SSSR count). The maximum atomic E-state index is 13.2. The minimum Gasteiger partial charge on any atom is -0.357 e. The van der Waals surface area contributed by atoms with Gasteiger partial charge in [-0.25, -0.2) is 9.38 Å². The van der Waals surface area contributed by atoms with Crippen LogP contribution in [0.25, 0.3) is 0 Å². The van der Waals surface area contributed by atoms with Crippen molar-refractivity contribution in [2.24, 2.45) is 4.99 Å². The summed E-state index contributed by atoms with van der Waals surface area (Å²) in [6, 6.07) is 6.76. The number of halogens is 1. The van der Waals surface area contributed by atoms with E-state index in [9.17, 15) is 9.18 Å². The van der Waals surface area contributed by atoms with Crippen molar-refractivity contribution in [1.29, 1.82) is 0 Å². The normalized spacial score (nSPS) is 15.3. The molecule has 0 heterocycles. The standard InChI is InChI=1S/C18H27FN4O/c1-2-20-18(22-13-14-6-5-7-15(19)12-14)21-11-10-17(24)23-16-8-3-4-9-16/h5-7,12,16H,2-4,8-11,13H2,1H3,(H,23,24)(H2,20,21,22). The number of benzene rings is 1. The SMILES string of the molecule is CCNC(=NCc1cccc(F)c1)NCCC(=O)NC1CCCC1. The molecule has 0 atom stereocenters. The Morgan fingerprint density at radius 2 is 2.08 bits per heavy atom. The molecule has 0 aromatic heterocycles. The predicted octanol–water partition coefficient (Wildman–Crippen LogP) is 2.33. The molecule has 6 heteroatoms. The van der Waals surface area contributed by atoms with E-state index in [0.717, 1.165) is 24.9 Å². The first-order valence-corrected chi connectivity index (χ1v) is 8.73. The van der Waals surface area contributed by atoms with Crippen LogP contribution in [0.2, 0.25) is 0 Å². The number of rotatable bonds is 7. The number of nitrogens with zero attached hydrogens (tertiary/aromatic N) is 1. The Hall–Kier alpha value is -2.11. The van der Waals surface area contributed by atoms with Crippen LogP contribution in [-0.2, 0) is 11.3 Å². The van der Waals surface area contributed by atoms with Crippen molar-refractivity contribution >= 4 is 11.9 Å². The summed E-state index contributed by atoms with van der Waals surface area (Å²) in [5.41, 5.74) is 0.811. The van der Waals surface area contributed by atoms with Crippen LogP contribution < -0.4 is 16.0 Å². The molecule has 5 nitrogen and oxygen atoms in total. The first kappa shape index (κ1) is 18.2. The quantitative estimate of drug-likeness (QED) is 0.530. The van der Waals surface area contributed by atoms with Gasteiger partial charge in [0.05, 0.1) is 6.54 Å². The molecule has 1 aromatic carbocycles. The zero-order valence-electron chi connectivity index (χ0n) is 14.3. The Balaban J connectivity index is 1.75. The number of aliphatic imine (C=N–C) groups is 1. The van der Waals surface area contributed by atoms with E-state index in [-0.39, 0.29) is 11.7 Å². The molecule has 0 aliphatic heterocycles. The third-order valence-electron chi connectivity index (χ3n) is 4.02. The Morgan fingerprint density at radius 1 is 1.29 bits per heavy atom. The monoisotopic (exact) mass is 334 g/mol. The van der Waals surface area contributed by atoms with Crippen molar-refractivity contribution in [3.63, 3.8) is 0 Å². The molecule has 1 saturated carbocycles. The average Bonchev–Trinajstić information content (AvgIpc) is 3.05. The van der Waals surface area contributed by atoms with Crippen molar-refractivity contribution in [1.82, 2.24) is 16.0 Å². The van der Waals surface area contributed by atoms with Crippen molar-refractivity contribution in [3.8, 4) is 0 Å². The molecule has 0 saturated heterocycles. The number of hydrogen-bond donors (Lipinski definition) is 3. The molecule has 1 amide bonds. The second kappa shape index (κ2) is 9.90. The lowest BCUT2D eigenvalue weighted by molar-refractivity contribution is -0.121. The van der Waals surface area contributed by atoms with E-state index in [1.807, 2.05) is 13.0 Å². The molecule has 1 aliphatic carbocycles. The molecule has 0 radical (unpaired) electrons. The second-order valence-electron chi connectivity index (χ2n) is 6.05. The van der Waals surface area contributed by atoms with Gasteiger partial charge >= 0.3 is 0 Å². The van der Waals surface area contributed by atoms with Gasteiger partial charge in [0.1, 0.15) is 5.82 Å². The molecular weight excluding hydrogens is 307 g/mol. The molecule has 3 N–H and O–H groups in total. The predicted molar refractivity (Wildman–Crippen MR) is 94.2 cm³/mol. The van der Waals surface area contributed by atoms with Crippen molar-refractivity contribution in [3.05, 3.63) is 35.6 Å². The average molecular weight is 334 g/mol. The zero-order valence-corrected chi connectivity index (χ0v) is 14.3. The molecule has 24 heavy (non-hydrogen) atoms. The lowest BCUT2D eigenvalue weighted by Gasteiger charge is -2.14. The summed E-state index contributed by atoms with van der Waals surface area (Å²) in [5, 5.41) is 9.34. The van der Waals surface area contributed by atoms with Crippen LogP contribution in [0.15, 0.2) is 29.3 Å². The number of carbonyl (C=O) groups excluding carboxylic acids is 1. The van der Waals surface area contributed by atoms with Crippen LogP contribution in [0, 0.1) is 5.82 Å². The summed E-state index contributed by atoms with van der Waals surface area (Å²) in [7, 11) is 0. The Labute approximate surface area is 143 Å². The highest BCUT2D eigenvalue weighted by Gasteiger charge is 2.16. The third kappa shape index (κ3) is 6.56. The van der Waals surface area contributed by atoms with Gasteiger partial charge in [-0.15, -0.1) is 0 Å². The number of amides is 1. The summed E-state index contributed by atoms with van der Waals surface area (Å²) >= 11 is 0. The summed E-state index contributed by atoms with van der Waals surface area (Å²) in [6.45, 7) is 3.62. The highest BCUT2D eigenvalue weighted by atomic mass is 19.1. The molecule has 1 fully saturated rings. The van der Waals surface area contributed by atoms with Crippen LogP contribution >= 0.6 is 0 Å². The first-order chi connectivity index (χ1) is 11.7. The van der Waals surface area contributed by atoms with E-state index in [1.54, 1.807) is 6.07 Å². The highest BCUT2D eigenvalue weighted by molar-refractivity contribution is 5.81. The van der Waals surface area contributed by atoms with Gasteiger partial charge in [0.2, 0.25) is 5.91 Å². The van der Waals surface area contributed by atoms with E-state index < -0.39 is 0 Å². The molecule has 1 aliphatic rings. The van der Waals surface area contributed by atoms with Crippen molar-refractivity contribution < 1.29 is 9.18 Å². The van der Waals surface area contributed by atoms with E-state index in [4.69, 9.17) is 0 Å². The van der Waals surface area contributed by atoms with Crippen LogP contribution in [0.1, 0.15) is 44.6 Å². The molecule has 0 spiro atoms. The van der Waals surface area contributed by atoms with E-state index >= 15 is 0 Å². The van der Waals surface area contributed by atoms with Crippen molar-refractivity contribution in [2.45, 2.75) is 51.6 Å². The molecule has 1 aromatic rings. The van der Waals surface area contributed by atoms with E-state index in [2.05, 4.69) is 20.9 Å². The number of carbonyl (C=O) groups is 1. The maximum absolute atomic E-state index is 13.2. The molecule has 0 unspecified atom stereocenters. The lowest BCUT2D eigenvalue weighted by Crippen LogP contribution is -2.40. The number of nitrogens with one attached hydrogen (secondary N) is 3. The zero-order chi connectivity index (χ0) is 17.2. The Bertz CT molecular complexity index is 556. The number of hydrogen-bond acceptors (Lipinski definition) is 2. The van der Waals surface area contributed by atoms with Gasteiger partial charge in [-0.1, -0.05) is 25.0 Å². The van der Waals surface area contributed by atoms with Crippen molar-refractivity contribution in [2.75, 3.05) is 13.1 Å². The van der Waals surface area contributed by atoms with Crippen LogP contribution in [-0.4, -0.2) is 31.0 Å². The van der Waals surface area contributed by atoms with Gasteiger partial charge in [0, 0.05) is 25.6 Å². The van der Waals surface area contributed by atoms with Gasteiger partial charge in [0.15, 0.2) is 5.96 Å². The van der Waals surface area contributed by atoms with Crippen LogP contribution in [0.4, 0.5) is 4.39 Å². The van der Waals surface area contributed by atoms with Gasteiger partial charge in [0.25, 0.3) is 0 Å². The minimum atomic E-state index is -0.260. The summed E-state index contributed by atoms with van der Waals surface area (Å²) in [5.74, 6) is 0.454. The van der Waals surface area contributed by atoms with Gasteiger partial charge in [-0.2, -0.15) is 0 Å². The largest absolute Gasteiger partial charge is 0.357 e. The summed E-state index contributed by atoms with van der Waals surface area (Å²) in [6.07, 6.45) is 5.02. The minimum absolute atomic E-state index is 0.0791. The van der Waals surface area contributed by atoms with Gasteiger partial charge in [-0.3, -0.25) is 4.79 Å². The van der Waals surface area contributed by atoms with Gasteiger partial charge < -0.3 is 16.0 Å². The Kier molecular flexibility index (Phi) is 7.52. The fourth-order valence-corrected chi connectivity index (χ4v) is 2.81. The van der Waals surface area contributed by atoms with Crippen LogP contribution in [0.5, 0.6) is 0 Å². The Morgan fingerprint density at radius 3 is 2.79 bits per heavy atom.